The van der Waals surface area contributed by atoms with Crippen molar-refractivity contribution >= 4 is 51.7 Å². The van der Waals surface area contributed by atoms with Crippen LogP contribution in [-0.2, 0) is 25.8 Å². The molecule has 34 heavy (non-hydrogen) atoms. The molecule has 5 rings (SSSR count). The zero-order chi connectivity index (χ0) is 23.8. The Morgan fingerprint density at radius 2 is 2.09 bits per heavy atom. The third kappa shape index (κ3) is 4.35. The van der Waals surface area contributed by atoms with Crippen molar-refractivity contribution in [3.8, 4) is 0 Å². The minimum absolute atomic E-state index is 0.0299. The number of nitrogens with one attached hydrogen (secondary N) is 1. The van der Waals surface area contributed by atoms with Crippen LogP contribution in [0.2, 0.25) is 0 Å². The summed E-state index contributed by atoms with van der Waals surface area (Å²) in [5, 5.41) is 17.8. The molecule has 1 aliphatic carbocycles. The highest BCUT2D eigenvalue weighted by Gasteiger charge is 2.54. The number of hydrogen-bond acceptors (Lipinski definition) is 9. The zero-order valence-corrected chi connectivity index (χ0v) is 19.4. The van der Waals surface area contributed by atoms with Gasteiger partial charge in [-0.2, -0.15) is 0 Å². The first-order valence-corrected chi connectivity index (χ1v) is 12.5. The maximum Gasteiger partial charge on any atom is 0.352 e. The predicted octanol–water partition coefficient (Wildman–Crippen LogP) is 0.335. The summed E-state index contributed by atoms with van der Waals surface area (Å²) in [6, 6.07) is 4.68. The third-order valence-corrected chi connectivity index (χ3v) is 7.50. The van der Waals surface area contributed by atoms with Crippen LogP contribution in [-0.4, -0.2) is 61.8 Å². The summed E-state index contributed by atoms with van der Waals surface area (Å²) >= 11 is 2.57. The fraction of sp³-hybridized carbons (Fsp3) is 0.333. The molecule has 2 atom stereocenters. The number of carbonyl (C=O) groups excluding carboxylic acids is 2. The van der Waals surface area contributed by atoms with E-state index >= 15 is 0 Å². The van der Waals surface area contributed by atoms with E-state index in [1.54, 1.807) is 5.38 Å². The van der Waals surface area contributed by atoms with E-state index in [1.165, 1.54) is 16.7 Å². The fourth-order valence-electron chi connectivity index (χ4n) is 3.68. The number of rotatable bonds is 8. The van der Waals surface area contributed by atoms with E-state index in [2.05, 4.69) is 15.5 Å². The molecule has 0 bridgehead atoms. The van der Waals surface area contributed by atoms with Gasteiger partial charge in [0.25, 0.3) is 11.8 Å². The standard InChI is InChI=1S/C21H20N6O5S2/c22-21-23-13(10-34-21)14(25-32-12-4-5-12)17(28)24-15-18(29)27-16(20(30)31)11(9-33-19(15)27)8-26-6-2-1-3-7-26/h1-3,6-7,10,12,15,19H,4-5,8-9H2,(H3-,22,23,24,28,30,31)/p+1/t15-,19+/m1/s1. The molecule has 2 aromatic heterocycles. The van der Waals surface area contributed by atoms with Crippen molar-refractivity contribution in [2.24, 2.45) is 5.16 Å². The second-order valence-corrected chi connectivity index (χ2v) is 9.98. The lowest BCUT2D eigenvalue weighted by Gasteiger charge is -2.49. The summed E-state index contributed by atoms with van der Waals surface area (Å²) in [6.07, 6.45) is 5.36. The molecular weight excluding hydrogens is 480 g/mol. The van der Waals surface area contributed by atoms with Gasteiger partial charge < -0.3 is 21.0 Å². The summed E-state index contributed by atoms with van der Waals surface area (Å²) in [7, 11) is 0. The number of hydrogen-bond donors (Lipinski definition) is 3. The van der Waals surface area contributed by atoms with Gasteiger partial charge in [0.15, 0.2) is 29.8 Å². The van der Waals surface area contributed by atoms with Gasteiger partial charge in [0.2, 0.25) is 0 Å². The molecule has 11 nitrogen and oxygen atoms in total. The van der Waals surface area contributed by atoms with Gasteiger partial charge in [-0.3, -0.25) is 14.5 Å². The van der Waals surface area contributed by atoms with E-state index in [9.17, 15) is 19.5 Å². The number of aliphatic carboxylic acids is 1. The van der Waals surface area contributed by atoms with E-state index < -0.39 is 29.2 Å². The molecule has 176 valence electrons. The predicted molar refractivity (Wildman–Crippen MR) is 123 cm³/mol. The van der Waals surface area contributed by atoms with Gasteiger partial charge in [-0.15, -0.1) is 23.1 Å². The summed E-state index contributed by atoms with van der Waals surface area (Å²) in [5.74, 6) is -1.87. The Morgan fingerprint density at radius 1 is 1.32 bits per heavy atom. The van der Waals surface area contributed by atoms with Crippen LogP contribution in [0.25, 0.3) is 0 Å². The van der Waals surface area contributed by atoms with E-state index in [1.807, 2.05) is 35.2 Å². The molecule has 1 saturated carbocycles. The van der Waals surface area contributed by atoms with Crippen molar-refractivity contribution < 1.29 is 28.9 Å². The third-order valence-electron chi connectivity index (χ3n) is 5.48. The van der Waals surface area contributed by atoms with E-state index in [-0.39, 0.29) is 28.3 Å². The average molecular weight is 502 g/mol. The normalized spacial score (nSPS) is 22.2. The molecule has 2 aromatic rings. The number of β-lactam (4-membered cyclic amide) rings is 1. The first kappa shape index (κ1) is 22.3. The molecule has 4 heterocycles. The van der Waals surface area contributed by atoms with Gasteiger partial charge in [0.1, 0.15) is 28.9 Å². The van der Waals surface area contributed by atoms with Crippen molar-refractivity contribution in [2.75, 3.05) is 11.5 Å². The minimum Gasteiger partial charge on any atom is -0.477 e. The molecule has 0 aromatic carbocycles. The van der Waals surface area contributed by atoms with Gasteiger partial charge in [-0.05, 0) is 12.8 Å². The van der Waals surface area contributed by atoms with Gasteiger partial charge in [0, 0.05) is 28.8 Å². The smallest absolute Gasteiger partial charge is 0.352 e. The Bertz CT molecular complexity index is 1210. The summed E-state index contributed by atoms with van der Waals surface area (Å²) in [4.78, 5) is 48.8. The second kappa shape index (κ2) is 9.06. The summed E-state index contributed by atoms with van der Waals surface area (Å²) in [5.41, 5.74) is 6.48. The monoisotopic (exact) mass is 501 g/mol. The number of aromatic nitrogens is 2. The maximum atomic E-state index is 13.0. The Balaban J connectivity index is 1.34. The number of thioether (sulfide) groups is 1. The van der Waals surface area contributed by atoms with Gasteiger partial charge in [-0.1, -0.05) is 11.2 Å². The number of nitrogens with zero attached hydrogens (tertiary/aromatic N) is 4. The number of carboxylic acids is 1. The number of thiazole rings is 1. The molecule has 0 radical (unpaired) electrons. The number of carboxylic acid groups (broad SMARTS) is 1. The van der Waals surface area contributed by atoms with E-state index in [4.69, 9.17) is 10.6 Å². The van der Waals surface area contributed by atoms with Crippen molar-refractivity contribution in [2.45, 2.75) is 36.9 Å². The first-order chi connectivity index (χ1) is 16.4. The molecule has 13 heteroatoms. The molecule has 4 N–H and O–H groups in total. The van der Waals surface area contributed by atoms with Crippen molar-refractivity contribution in [1.29, 1.82) is 0 Å². The maximum absolute atomic E-state index is 13.0. The number of nitrogens with two attached hydrogens (primary N) is 1. The molecule has 1 saturated heterocycles. The van der Waals surface area contributed by atoms with Crippen molar-refractivity contribution in [3.05, 3.63) is 52.9 Å². The number of oxime groups is 1. The number of fused-ring (bicyclic) bond motifs is 1. The second-order valence-electron chi connectivity index (χ2n) is 7.98. The number of pyridine rings is 1. The lowest BCUT2D eigenvalue weighted by Crippen LogP contribution is -2.71. The fourth-order valence-corrected chi connectivity index (χ4v) is 5.56. The van der Waals surface area contributed by atoms with Gasteiger partial charge in [-0.25, -0.2) is 14.3 Å². The van der Waals surface area contributed by atoms with Crippen LogP contribution >= 0.6 is 23.1 Å². The topological polar surface area (TPSA) is 151 Å². The SMILES string of the molecule is Nc1nc(C(=NOC2CC2)C(=O)N[C@@H]2C(=O)N3C(C(=O)O)=C(C[n+]4ccccc4)CS[C@@H]23)cs1. The van der Waals surface area contributed by atoms with Crippen LogP contribution in [0.5, 0.6) is 0 Å². The quantitative estimate of drug-likeness (QED) is 0.203. The molecule has 0 spiro atoms. The lowest BCUT2D eigenvalue weighted by molar-refractivity contribution is -0.689. The van der Waals surface area contributed by atoms with Crippen LogP contribution in [0.3, 0.4) is 0 Å². The van der Waals surface area contributed by atoms with Crippen molar-refractivity contribution in [3.63, 3.8) is 0 Å². The number of amides is 2. The first-order valence-electron chi connectivity index (χ1n) is 10.5. The molecule has 0 unspecified atom stereocenters. The largest absolute Gasteiger partial charge is 0.477 e. The number of anilines is 1. The van der Waals surface area contributed by atoms with Crippen LogP contribution in [0.4, 0.5) is 5.13 Å². The average Bonchev–Trinajstić information content (AvgIpc) is 3.56. The molecule has 2 fully saturated rings. The highest BCUT2D eigenvalue weighted by atomic mass is 32.2. The molecule has 2 amide bonds. The summed E-state index contributed by atoms with van der Waals surface area (Å²) < 4.78 is 1.85. The number of carbonyl (C=O) groups is 3. The van der Waals surface area contributed by atoms with Crippen LogP contribution in [0.15, 0.2) is 52.4 Å². The Labute approximate surface area is 202 Å². The highest BCUT2D eigenvalue weighted by molar-refractivity contribution is 8.00. The van der Waals surface area contributed by atoms with E-state index in [0.29, 0.717) is 17.9 Å². The molecule has 3 aliphatic rings. The summed E-state index contributed by atoms with van der Waals surface area (Å²) in [6.45, 7) is 0.351. The molecule has 2 aliphatic heterocycles. The minimum atomic E-state index is -1.17. The van der Waals surface area contributed by atoms with Crippen molar-refractivity contribution in [1.82, 2.24) is 15.2 Å². The molecular formula is C21H21N6O5S2+. The van der Waals surface area contributed by atoms with Gasteiger partial charge in [0.05, 0.1) is 0 Å². The van der Waals surface area contributed by atoms with E-state index in [0.717, 1.165) is 24.2 Å². The Kier molecular flexibility index (Phi) is 5.96. The van der Waals surface area contributed by atoms with Crippen LogP contribution in [0, 0.1) is 0 Å². The van der Waals surface area contributed by atoms with Crippen LogP contribution in [0.1, 0.15) is 18.5 Å². The number of nitrogen functional groups attached to an aromatic ring is 1. The lowest BCUT2D eigenvalue weighted by atomic mass is 10.0. The highest BCUT2D eigenvalue weighted by Crippen LogP contribution is 2.40. The van der Waals surface area contributed by atoms with Gasteiger partial charge >= 0.3 is 5.97 Å². The zero-order valence-electron chi connectivity index (χ0n) is 17.8. The van der Waals surface area contributed by atoms with Crippen LogP contribution < -0.4 is 15.6 Å². The Morgan fingerprint density at radius 3 is 2.74 bits per heavy atom. The Hall–Kier alpha value is -3.45.